The Morgan fingerprint density at radius 1 is 1.44 bits per heavy atom. The van der Waals surface area contributed by atoms with Gasteiger partial charge in [-0.2, -0.15) is 0 Å². The molecule has 0 amide bonds. The molecule has 6 nitrogen and oxygen atoms in total. The average molecular weight is 345 g/mol. The van der Waals surface area contributed by atoms with E-state index in [1.165, 1.54) is 6.07 Å². The first-order chi connectivity index (χ1) is 11.7. The molecule has 3 N–H and O–H groups in total. The van der Waals surface area contributed by atoms with Crippen molar-refractivity contribution in [3.8, 4) is 0 Å². The fourth-order valence-electron chi connectivity index (χ4n) is 3.46. The monoisotopic (exact) mass is 345 g/mol. The Bertz CT molecular complexity index is 964. The van der Waals surface area contributed by atoms with Crippen molar-refractivity contribution in [1.82, 2.24) is 4.40 Å². The number of rotatable bonds is 3. The molecule has 2 aromatic rings. The minimum Gasteiger partial charge on any atom is -0.477 e. The molecular formula is C18H20FN3O3. The number of anilines is 1. The van der Waals surface area contributed by atoms with Crippen molar-refractivity contribution in [2.45, 2.75) is 26.3 Å². The third-order valence-electron chi connectivity index (χ3n) is 4.64. The van der Waals surface area contributed by atoms with Gasteiger partial charge in [-0.3, -0.25) is 9.20 Å². The van der Waals surface area contributed by atoms with E-state index in [0.29, 0.717) is 41.0 Å². The predicted octanol–water partition coefficient (Wildman–Crippen LogP) is 2.02. The Balaban J connectivity index is 2.40. The lowest BCUT2D eigenvalue weighted by atomic mass is 10.0. The van der Waals surface area contributed by atoms with Gasteiger partial charge in [0.1, 0.15) is 5.56 Å². The van der Waals surface area contributed by atoms with Crippen LogP contribution in [0.1, 0.15) is 34.8 Å². The molecule has 7 heteroatoms. The first kappa shape index (κ1) is 17.2. The Kier molecular flexibility index (Phi) is 4.12. The van der Waals surface area contributed by atoms with E-state index in [4.69, 9.17) is 5.73 Å². The highest BCUT2D eigenvalue weighted by atomic mass is 19.1. The van der Waals surface area contributed by atoms with E-state index in [0.717, 1.165) is 17.0 Å². The highest BCUT2D eigenvalue weighted by Crippen LogP contribution is 2.32. The van der Waals surface area contributed by atoms with Gasteiger partial charge in [0.25, 0.3) is 5.56 Å². The maximum Gasteiger partial charge on any atom is 0.341 e. The van der Waals surface area contributed by atoms with E-state index in [9.17, 15) is 19.1 Å². The van der Waals surface area contributed by atoms with E-state index in [1.54, 1.807) is 13.8 Å². The number of nitrogens with two attached hydrogens (primary N) is 1. The molecular weight excluding hydrogens is 325 g/mol. The van der Waals surface area contributed by atoms with Crippen LogP contribution in [0.15, 0.2) is 23.6 Å². The zero-order chi connectivity index (χ0) is 18.5. The van der Waals surface area contributed by atoms with Crippen molar-refractivity contribution in [2.75, 3.05) is 18.0 Å². The van der Waals surface area contributed by atoms with Gasteiger partial charge in [-0.1, -0.05) is 6.58 Å². The SMILES string of the molecule is C=C(C)c1cc(C(=O)O)c(=O)n2cc(F)c(N3CC[C@H](N)C3)c(C)c12. The standard InChI is InChI=1S/C18H20FN3O3/c1-9(2)12-6-13(18(24)25)17(23)22-8-14(19)16(10(3)15(12)22)21-5-4-11(20)7-21/h6,8,11H,1,4-5,7,20H2,2-3H3,(H,24,25)/t11-/m0/s1. The van der Waals surface area contributed by atoms with E-state index in [2.05, 4.69) is 6.58 Å². The molecule has 3 rings (SSSR count). The van der Waals surface area contributed by atoms with E-state index in [1.807, 2.05) is 4.90 Å². The number of carboxylic acid groups (broad SMARTS) is 1. The molecule has 0 saturated carbocycles. The van der Waals surface area contributed by atoms with Gasteiger partial charge in [-0.15, -0.1) is 0 Å². The van der Waals surface area contributed by atoms with Crippen molar-refractivity contribution < 1.29 is 14.3 Å². The van der Waals surface area contributed by atoms with Crippen molar-refractivity contribution in [3.63, 3.8) is 0 Å². The number of aryl methyl sites for hydroxylation is 1. The second-order valence-electron chi connectivity index (χ2n) is 6.53. The quantitative estimate of drug-likeness (QED) is 0.888. The summed E-state index contributed by atoms with van der Waals surface area (Å²) in [5, 5.41) is 9.27. The number of carboxylic acids is 1. The van der Waals surface area contributed by atoms with Gasteiger partial charge in [-0.25, -0.2) is 9.18 Å². The fraction of sp³-hybridized carbons (Fsp3) is 0.333. The van der Waals surface area contributed by atoms with Gasteiger partial charge >= 0.3 is 5.97 Å². The van der Waals surface area contributed by atoms with E-state index >= 15 is 0 Å². The van der Waals surface area contributed by atoms with Gasteiger partial charge in [-0.05, 0) is 31.9 Å². The van der Waals surface area contributed by atoms with Crippen molar-refractivity contribution in [1.29, 1.82) is 0 Å². The molecule has 0 radical (unpaired) electrons. The predicted molar refractivity (Wildman–Crippen MR) is 94.8 cm³/mol. The zero-order valence-corrected chi connectivity index (χ0v) is 14.2. The van der Waals surface area contributed by atoms with Crippen molar-refractivity contribution in [3.05, 3.63) is 51.7 Å². The number of hydrogen-bond acceptors (Lipinski definition) is 4. The van der Waals surface area contributed by atoms with Gasteiger partial charge in [0, 0.05) is 30.3 Å². The molecule has 0 spiro atoms. The Hall–Kier alpha value is -2.67. The molecule has 1 fully saturated rings. The first-order valence-corrected chi connectivity index (χ1v) is 8.00. The third-order valence-corrected chi connectivity index (χ3v) is 4.64. The molecule has 132 valence electrons. The maximum absolute atomic E-state index is 14.8. The molecule has 1 saturated heterocycles. The Morgan fingerprint density at radius 2 is 2.12 bits per heavy atom. The largest absolute Gasteiger partial charge is 0.477 e. The highest BCUT2D eigenvalue weighted by molar-refractivity contribution is 5.91. The molecule has 25 heavy (non-hydrogen) atoms. The number of pyridine rings is 2. The lowest BCUT2D eigenvalue weighted by Gasteiger charge is -2.24. The van der Waals surface area contributed by atoms with Gasteiger partial charge in [0.05, 0.1) is 17.4 Å². The van der Waals surface area contributed by atoms with Gasteiger partial charge in [0.15, 0.2) is 5.82 Å². The van der Waals surface area contributed by atoms with Crippen LogP contribution in [0, 0.1) is 12.7 Å². The smallest absolute Gasteiger partial charge is 0.341 e. The molecule has 2 aromatic heterocycles. The van der Waals surface area contributed by atoms with Crippen LogP contribution in [-0.2, 0) is 0 Å². The lowest BCUT2D eigenvalue weighted by molar-refractivity contribution is 0.0694. The molecule has 0 aliphatic carbocycles. The molecule has 1 atom stereocenters. The third kappa shape index (κ3) is 2.70. The summed E-state index contributed by atoms with van der Waals surface area (Å²) in [6.45, 7) is 8.49. The second-order valence-corrected chi connectivity index (χ2v) is 6.53. The van der Waals surface area contributed by atoms with Crippen LogP contribution in [0.3, 0.4) is 0 Å². The van der Waals surface area contributed by atoms with Crippen LogP contribution in [0.2, 0.25) is 0 Å². The lowest BCUT2D eigenvalue weighted by Crippen LogP contribution is -2.29. The van der Waals surface area contributed by atoms with E-state index in [-0.39, 0.29) is 6.04 Å². The number of allylic oxidation sites excluding steroid dienone is 1. The van der Waals surface area contributed by atoms with Gasteiger partial charge in [0.2, 0.25) is 0 Å². The average Bonchev–Trinajstić information content (AvgIpc) is 2.93. The number of aromatic carboxylic acids is 1. The molecule has 0 aromatic carbocycles. The number of halogens is 1. The van der Waals surface area contributed by atoms with Crippen LogP contribution in [0.25, 0.3) is 11.1 Å². The first-order valence-electron chi connectivity index (χ1n) is 8.00. The van der Waals surface area contributed by atoms with Gasteiger partial charge < -0.3 is 15.7 Å². The number of fused-ring (bicyclic) bond motifs is 1. The highest BCUT2D eigenvalue weighted by Gasteiger charge is 2.26. The van der Waals surface area contributed by atoms with Crippen LogP contribution in [0.5, 0.6) is 0 Å². The minimum absolute atomic E-state index is 0.0211. The van der Waals surface area contributed by atoms with Crippen LogP contribution >= 0.6 is 0 Å². The van der Waals surface area contributed by atoms with Crippen molar-refractivity contribution in [2.24, 2.45) is 5.73 Å². The maximum atomic E-state index is 14.8. The zero-order valence-electron chi connectivity index (χ0n) is 14.2. The van der Waals surface area contributed by atoms with Crippen LogP contribution < -0.4 is 16.2 Å². The van der Waals surface area contributed by atoms with Crippen LogP contribution in [0.4, 0.5) is 10.1 Å². The molecule has 0 bridgehead atoms. The summed E-state index contributed by atoms with van der Waals surface area (Å²) in [6.07, 6.45) is 1.82. The second kappa shape index (κ2) is 6.00. The van der Waals surface area contributed by atoms with E-state index < -0.39 is 22.9 Å². The Morgan fingerprint density at radius 3 is 2.64 bits per heavy atom. The number of nitrogens with zero attached hydrogens (tertiary/aromatic N) is 2. The summed E-state index contributed by atoms with van der Waals surface area (Å²) in [5.74, 6) is -1.93. The minimum atomic E-state index is -1.35. The fourth-order valence-corrected chi connectivity index (χ4v) is 3.46. The normalized spacial score (nSPS) is 17.3. The topological polar surface area (TPSA) is 88.0 Å². The summed E-state index contributed by atoms with van der Waals surface area (Å²) in [5.41, 5.74) is 7.31. The summed E-state index contributed by atoms with van der Waals surface area (Å²) < 4.78 is 15.9. The molecule has 0 unspecified atom stereocenters. The summed E-state index contributed by atoms with van der Waals surface area (Å²) >= 11 is 0. The number of carbonyl (C=O) groups is 1. The number of hydrogen-bond donors (Lipinski definition) is 2. The molecule has 3 heterocycles. The van der Waals surface area contributed by atoms with Crippen molar-refractivity contribution >= 4 is 22.7 Å². The molecule has 1 aliphatic rings. The summed E-state index contributed by atoms with van der Waals surface area (Å²) in [6, 6.07) is 1.29. The number of aromatic nitrogens is 1. The van der Waals surface area contributed by atoms with Crippen LogP contribution in [-0.4, -0.2) is 34.6 Å². The summed E-state index contributed by atoms with van der Waals surface area (Å²) in [7, 11) is 0. The summed E-state index contributed by atoms with van der Waals surface area (Å²) in [4.78, 5) is 25.7. The Labute approximate surface area is 144 Å². The molecule has 1 aliphatic heterocycles.